The number of benzene rings is 2. The van der Waals surface area contributed by atoms with Crippen LogP contribution in [0, 0.1) is 5.82 Å². The Labute approximate surface area is 199 Å². The summed E-state index contributed by atoms with van der Waals surface area (Å²) in [5.41, 5.74) is 1.07. The fourth-order valence-electron chi connectivity index (χ4n) is 4.45. The molecule has 2 aromatic carbocycles. The fourth-order valence-corrected chi connectivity index (χ4v) is 4.45. The molecular weight excluding hydrogens is 455 g/mol. The number of hydrogen-bond donors (Lipinski definition) is 0. The second-order valence-corrected chi connectivity index (χ2v) is 7.97. The first-order valence-corrected chi connectivity index (χ1v) is 10.7. The van der Waals surface area contributed by atoms with Crippen molar-refractivity contribution in [3.05, 3.63) is 93.3 Å². The molecule has 0 N–H and O–H groups in total. The number of carbonyl (C=O) groups is 1. The topological polar surface area (TPSA) is 91.1 Å². The number of rotatable bonds is 6. The lowest BCUT2D eigenvalue weighted by Gasteiger charge is -2.26. The zero-order valence-corrected chi connectivity index (χ0v) is 19.2. The Bertz CT molecular complexity index is 1480. The van der Waals surface area contributed by atoms with E-state index < -0.39 is 23.2 Å². The van der Waals surface area contributed by atoms with Gasteiger partial charge in [-0.15, -0.1) is 0 Å². The summed E-state index contributed by atoms with van der Waals surface area (Å²) in [4.78, 5) is 32.9. The van der Waals surface area contributed by atoms with E-state index in [1.165, 1.54) is 38.4 Å². The summed E-state index contributed by atoms with van der Waals surface area (Å²) in [5, 5.41) is 0.0530. The minimum absolute atomic E-state index is 0.0530. The van der Waals surface area contributed by atoms with Gasteiger partial charge in [0.05, 0.1) is 38.3 Å². The van der Waals surface area contributed by atoms with E-state index in [4.69, 9.17) is 18.6 Å². The van der Waals surface area contributed by atoms with Crippen LogP contribution in [-0.4, -0.2) is 37.1 Å². The van der Waals surface area contributed by atoms with Crippen LogP contribution in [0.1, 0.15) is 33.3 Å². The molecule has 1 unspecified atom stereocenters. The Morgan fingerprint density at radius 3 is 2.40 bits per heavy atom. The third-order valence-corrected chi connectivity index (χ3v) is 6.01. The number of pyridine rings is 1. The predicted octanol–water partition coefficient (Wildman–Crippen LogP) is 4.10. The third kappa shape index (κ3) is 3.65. The molecule has 0 saturated heterocycles. The number of amides is 1. The Balaban J connectivity index is 1.78. The smallest absolute Gasteiger partial charge is 0.291 e. The highest BCUT2D eigenvalue weighted by Crippen LogP contribution is 2.45. The number of hydrogen-bond acceptors (Lipinski definition) is 7. The largest absolute Gasteiger partial charge is 0.493 e. The number of methoxy groups -OCH3 is 3. The summed E-state index contributed by atoms with van der Waals surface area (Å²) in [6.07, 6.45) is 3.27. The van der Waals surface area contributed by atoms with E-state index in [1.54, 1.807) is 30.6 Å². The van der Waals surface area contributed by atoms with Crippen molar-refractivity contribution >= 4 is 16.9 Å². The quantitative estimate of drug-likeness (QED) is 0.414. The average Bonchev–Trinajstić information content (AvgIpc) is 3.15. The van der Waals surface area contributed by atoms with Crippen LogP contribution in [0.3, 0.4) is 0 Å². The first-order chi connectivity index (χ1) is 17.0. The maximum atomic E-state index is 14.0. The lowest BCUT2D eigenvalue weighted by Crippen LogP contribution is -2.29. The number of aromatic nitrogens is 1. The molecule has 0 fully saturated rings. The van der Waals surface area contributed by atoms with Gasteiger partial charge in [0, 0.05) is 18.9 Å². The number of nitrogens with zero attached hydrogens (tertiary/aromatic N) is 2. The Kier molecular flexibility index (Phi) is 5.60. The van der Waals surface area contributed by atoms with Crippen LogP contribution < -0.4 is 19.6 Å². The van der Waals surface area contributed by atoms with Crippen LogP contribution >= 0.6 is 0 Å². The molecule has 1 aliphatic heterocycles. The van der Waals surface area contributed by atoms with Crippen LogP contribution in [0.25, 0.3) is 11.0 Å². The first kappa shape index (κ1) is 22.4. The predicted molar refractivity (Wildman–Crippen MR) is 124 cm³/mol. The molecule has 2 aromatic heterocycles. The first-order valence-electron chi connectivity index (χ1n) is 10.7. The van der Waals surface area contributed by atoms with Gasteiger partial charge in [0.2, 0.25) is 11.5 Å². The van der Waals surface area contributed by atoms with E-state index in [2.05, 4.69) is 4.98 Å². The molecule has 1 amide bonds. The van der Waals surface area contributed by atoms with Crippen LogP contribution in [0.15, 0.2) is 64.1 Å². The summed E-state index contributed by atoms with van der Waals surface area (Å²) in [7, 11) is 4.44. The van der Waals surface area contributed by atoms with Gasteiger partial charge in [0.25, 0.3) is 5.91 Å². The van der Waals surface area contributed by atoms with Gasteiger partial charge in [-0.05, 0) is 47.5 Å². The van der Waals surface area contributed by atoms with Gasteiger partial charge in [0.1, 0.15) is 11.4 Å². The van der Waals surface area contributed by atoms with E-state index in [9.17, 15) is 14.0 Å². The highest BCUT2D eigenvalue weighted by atomic mass is 19.1. The Hall–Kier alpha value is -4.40. The lowest BCUT2D eigenvalue weighted by atomic mass is 9.97. The van der Waals surface area contributed by atoms with Crippen LogP contribution in [-0.2, 0) is 6.54 Å². The van der Waals surface area contributed by atoms with Gasteiger partial charge in [0.15, 0.2) is 16.9 Å². The van der Waals surface area contributed by atoms with Crippen LogP contribution in [0.2, 0.25) is 0 Å². The molecule has 8 nitrogen and oxygen atoms in total. The van der Waals surface area contributed by atoms with E-state index in [-0.39, 0.29) is 28.8 Å². The molecule has 1 aliphatic rings. The molecule has 35 heavy (non-hydrogen) atoms. The minimum Gasteiger partial charge on any atom is -0.493 e. The van der Waals surface area contributed by atoms with Crippen molar-refractivity contribution in [1.29, 1.82) is 0 Å². The number of carbonyl (C=O) groups excluding carboxylic acids is 1. The van der Waals surface area contributed by atoms with E-state index in [1.807, 2.05) is 6.07 Å². The van der Waals surface area contributed by atoms with Crippen molar-refractivity contribution < 1.29 is 27.8 Å². The minimum atomic E-state index is -0.852. The fraction of sp³-hybridized carbons (Fsp3) is 0.192. The van der Waals surface area contributed by atoms with Gasteiger partial charge in [-0.25, -0.2) is 4.39 Å². The summed E-state index contributed by atoms with van der Waals surface area (Å²) < 4.78 is 36.3. The van der Waals surface area contributed by atoms with Crippen molar-refractivity contribution in [3.63, 3.8) is 0 Å². The molecule has 1 atom stereocenters. The summed E-state index contributed by atoms with van der Waals surface area (Å²) >= 11 is 0. The Morgan fingerprint density at radius 1 is 1.03 bits per heavy atom. The number of ether oxygens (including phenoxy) is 3. The monoisotopic (exact) mass is 476 g/mol. The molecule has 0 saturated carbocycles. The van der Waals surface area contributed by atoms with E-state index >= 15 is 0 Å². The molecular formula is C26H21FN2O6. The van der Waals surface area contributed by atoms with Crippen LogP contribution in [0.5, 0.6) is 17.2 Å². The number of fused-ring (bicyclic) bond motifs is 2. The summed E-state index contributed by atoms with van der Waals surface area (Å²) in [5.74, 6) is -0.0383. The normalized spacial score (nSPS) is 14.8. The molecule has 3 heterocycles. The maximum Gasteiger partial charge on any atom is 0.291 e. The van der Waals surface area contributed by atoms with E-state index in [0.717, 1.165) is 11.6 Å². The molecule has 9 heteroatoms. The lowest BCUT2D eigenvalue weighted by molar-refractivity contribution is 0.0713. The molecule has 0 radical (unpaired) electrons. The van der Waals surface area contributed by atoms with Gasteiger partial charge in [-0.1, -0.05) is 6.07 Å². The zero-order valence-electron chi connectivity index (χ0n) is 19.2. The second kappa shape index (κ2) is 8.75. The van der Waals surface area contributed by atoms with Crippen molar-refractivity contribution in [2.45, 2.75) is 12.6 Å². The SMILES string of the molecule is COc1cc(C2c3c(oc4ccc(F)cc4c3=O)C(=O)N2Cc2cccnc2)cc(OC)c1OC. The highest BCUT2D eigenvalue weighted by molar-refractivity contribution is 5.99. The van der Waals surface area contributed by atoms with Crippen molar-refractivity contribution in [1.82, 2.24) is 9.88 Å². The van der Waals surface area contributed by atoms with Crippen LogP contribution in [0.4, 0.5) is 4.39 Å². The third-order valence-electron chi connectivity index (χ3n) is 6.01. The standard InChI is InChI=1S/C26H21FN2O6/c1-32-19-9-15(10-20(33-2)24(19)34-3)22-21-23(30)17-11-16(27)6-7-18(17)35-25(21)26(31)29(22)13-14-5-4-8-28-12-14/h4-12,22H,13H2,1-3H3. The van der Waals surface area contributed by atoms with E-state index in [0.29, 0.717) is 22.8 Å². The van der Waals surface area contributed by atoms with Gasteiger partial charge in [-0.2, -0.15) is 0 Å². The molecule has 0 spiro atoms. The molecule has 0 aliphatic carbocycles. The summed E-state index contributed by atoms with van der Waals surface area (Å²) in [6.45, 7) is 0.155. The van der Waals surface area contributed by atoms with Crippen molar-refractivity contribution in [3.8, 4) is 17.2 Å². The molecule has 0 bridgehead atoms. The van der Waals surface area contributed by atoms with Gasteiger partial charge in [-0.3, -0.25) is 14.6 Å². The molecule has 178 valence electrons. The van der Waals surface area contributed by atoms with Gasteiger partial charge >= 0.3 is 0 Å². The molecule has 5 rings (SSSR count). The summed E-state index contributed by atoms with van der Waals surface area (Å²) in [6, 6.07) is 9.74. The highest BCUT2D eigenvalue weighted by Gasteiger charge is 2.43. The Morgan fingerprint density at radius 2 is 1.77 bits per heavy atom. The van der Waals surface area contributed by atoms with Crippen molar-refractivity contribution in [2.24, 2.45) is 0 Å². The maximum absolute atomic E-state index is 14.0. The van der Waals surface area contributed by atoms with Gasteiger partial charge < -0.3 is 23.5 Å². The zero-order chi connectivity index (χ0) is 24.7. The number of halogens is 1. The molecule has 4 aromatic rings. The average molecular weight is 476 g/mol. The second-order valence-electron chi connectivity index (χ2n) is 7.97. The van der Waals surface area contributed by atoms with Crippen molar-refractivity contribution in [2.75, 3.05) is 21.3 Å².